The quantitative estimate of drug-likeness (QED) is 0.903. The molecule has 1 aromatic rings. The summed E-state index contributed by atoms with van der Waals surface area (Å²) in [5.41, 5.74) is 1.06. The highest BCUT2D eigenvalue weighted by atomic mass is 16.4. The molecule has 0 saturated carbocycles. The Balaban J connectivity index is 2.03. The minimum absolute atomic E-state index is 0.150. The second-order valence-electron chi connectivity index (χ2n) is 5.97. The lowest BCUT2D eigenvalue weighted by Gasteiger charge is -2.44. The predicted octanol–water partition coefficient (Wildman–Crippen LogP) is 2.20. The molecule has 1 aromatic heterocycles. The molecule has 2 heterocycles. The molecule has 0 bridgehead atoms. The second kappa shape index (κ2) is 5.70. The van der Waals surface area contributed by atoms with Gasteiger partial charge in [0.25, 0.3) is 0 Å². The number of nitrogens with zero attached hydrogens (tertiary/aromatic N) is 2. The fourth-order valence-corrected chi connectivity index (χ4v) is 3.05. The van der Waals surface area contributed by atoms with Gasteiger partial charge in [-0.3, -0.25) is 14.7 Å². The molecule has 4 nitrogen and oxygen atoms in total. The highest BCUT2D eigenvalue weighted by molar-refractivity contribution is 5.74. The molecule has 4 heteroatoms. The van der Waals surface area contributed by atoms with Crippen LogP contribution in [0.3, 0.4) is 0 Å². The third kappa shape index (κ3) is 3.32. The van der Waals surface area contributed by atoms with E-state index in [1.165, 1.54) is 5.56 Å². The molecule has 2 rings (SSSR count). The fourth-order valence-electron chi connectivity index (χ4n) is 3.05. The first kappa shape index (κ1) is 14.0. The van der Waals surface area contributed by atoms with Gasteiger partial charge in [-0.1, -0.05) is 13.8 Å². The van der Waals surface area contributed by atoms with E-state index in [1.54, 1.807) is 12.4 Å². The lowest BCUT2D eigenvalue weighted by Crippen LogP contribution is -2.54. The number of rotatable bonds is 4. The van der Waals surface area contributed by atoms with Crippen LogP contribution in [0.25, 0.3) is 0 Å². The molecule has 1 unspecified atom stereocenters. The van der Waals surface area contributed by atoms with Gasteiger partial charge in [-0.25, -0.2) is 0 Å². The molecule has 19 heavy (non-hydrogen) atoms. The van der Waals surface area contributed by atoms with Gasteiger partial charge < -0.3 is 5.11 Å². The number of aromatic nitrogens is 1. The van der Waals surface area contributed by atoms with Crippen LogP contribution in [0.1, 0.15) is 32.3 Å². The van der Waals surface area contributed by atoms with Crippen molar-refractivity contribution in [1.29, 1.82) is 0 Å². The van der Waals surface area contributed by atoms with Gasteiger partial charge in [-0.15, -0.1) is 0 Å². The smallest absolute Gasteiger partial charge is 0.321 e. The third-order valence-electron chi connectivity index (χ3n) is 4.04. The minimum atomic E-state index is -0.695. The zero-order chi connectivity index (χ0) is 13.9. The molecule has 1 fully saturated rings. The highest BCUT2D eigenvalue weighted by Crippen LogP contribution is 2.35. The Hall–Kier alpha value is -1.42. The first-order valence-electron chi connectivity index (χ1n) is 6.86. The number of carboxylic acid groups (broad SMARTS) is 1. The van der Waals surface area contributed by atoms with E-state index in [-0.39, 0.29) is 11.5 Å². The van der Waals surface area contributed by atoms with Crippen molar-refractivity contribution in [3.63, 3.8) is 0 Å². The van der Waals surface area contributed by atoms with Crippen LogP contribution in [-0.4, -0.2) is 40.1 Å². The first-order valence-corrected chi connectivity index (χ1v) is 6.86. The van der Waals surface area contributed by atoms with Gasteiger partial charge in [-0.05, 0) is 48.9 Å². The van der Waals surface area contributed by atoms with Gasteiger partial charge in [0.05, 0.1) is 0 Å². The molecule has 1 atom stereocenters. The van der Waals surface area contributed by atoms with Crippen LogP contribution >= 0.6 is 0 Å². The molecular weight excluding hydrogens is 240 g/mol. The van der Waals surface area contributed by atoms with Crippen LogP contribution in [0, 0.1) is 5.41 Å². The average molecular weight is 262 g/mol. The van der Waals surface area contributed by atoms with Gasteiger partial charge in [0.1, 0.15) is 6.04 Å². The number of carbonyl (C=O) groups is 1. The molecule has 1 aliphatic rings. The van der Waals surface area contributed by atoms with E-state index < -0.39 is 5.97 Å². The number of carboxylic acids is 1. The molecule has 0 radical (unpaired) electrons. The summed E-state index contributed by atoms with van der Waals surface area (Å²) < 4.78 is 0. The molecular formula is C15H22N2O2. The van der Waals surface area contributed by atoms with Crippen molar-refractivity contribution in [1.82, 2.24) is 9.88 Å². The van der Waals surface area contributed by atoms with Crippen LogP contribution in [0.2, 0.25) is 0 Å². The molecule has 1 saturated heterocycles. The van der Waals surface area contributed by atoms with Crippen molar-refractivity contribution >= 4 is 5.97 Å². The molecule has 1 aliphatic heterocycles. The van der Waals surface area contributed by atoms with E-state index in [1.807, 2.05) is 12.1 Å². The summed E-state index contributed by atoms with van der Waals surface area (Å²) in [6, 6.07) is 3.61. The number of hydrogen-bond donors (Lipinski definition) is 1. The Bertz CT molecular complexity index is 431. The number of likely N-dealkylation sites (tertiary alicyclic amines) is 1. The summed E-state index contributed by atoms with van der Waals surface area (Å²) in [6.07, 6.45) is 6.50. The van der Waals surface area contributed by atoms with Gasteiger partial charge in [-0.2, -0.15) is 0 Å². The molecule has 0 aliphatic carbocycles. The largest absolute Gasteiger partial charge is 0.480 e. The molecule has 0 aromatic carbocycles. The van der Waals surface area contributed by atoms with Crippen LogP contribution < -0.4 is 0 Å². The third-order valence-corrected chi connectivity index (χ3v) is 4.04. The Labute approximate surface area is 114 Å². The standard InChI is InChI=1S/C15H22N2O2/c1-15(2)7-3-10-17(13(15)14(18)19)11-6-12-4-8-16-9-5-12/h4-5,8-9,13H,3,6-7,10-11H2,1-2H3,(H,18,19). The zero-order valence-electron chi connectivity index (χ0n) is 11.7. The Morgan fingerprint density at radius 3 is 2.79 bits per heavy atom. The average Bonchev–Trinajstić information content (AvgIpc) is 2.36. The first-order chi connectivity index (χ1) is 9.00. The summed E-state index contributed by atoms with van der Waals surface area (Å²) >= 11 is 0. The Morgan fingerprint density at radius 1 is 1.47 bits per heavy atom. The number of pyridine rings is 1. The maximum atomic E-state index is 11.5. The Kier molecular flexibility index (Phi) is 4.20. The van der Waals surface area contributed by atoms with Crippen molar-refractivity contribution < 1.29 is 9.90 Å². The fraction of sp³-hybridized carbons (Fsp3) is 0.600. The number of aliphatic carboxylic acids is 1. The van der Waals surface area contributed by atoms with E-state index in [0.717, 1.165) is 32.4 Å². The minimum Gasteiger partial charge on any atom is -0.480 e. The monoisotopic (exact) mass is 262 g/mol. The van der Waals surface area contributed by atoms with E-state index >= 15 is 0 Å². The lowest BCUT2D eigenvalue weighted by atomic mass is 9.76. The van der Waals surface area contributed by atoms with E-state index in [9.17, 15) is 9.90 Å². The van der Waals surface area contributed by atoms with Crippen LogP contribution in [0.15, 0.2) is 24.5 Å². The van der Waals surface area contributed by atoms with Crippen molar-refractivity contribution in [2.45, 2.75) is 39.2 Å². The highest BCUT2D eigenvalue weighted by Gasteiger charge is 2.41. The second-order valence-corrected chi connectivity index (χ2v) is 5.97. The van der Waals surface area contributed by atoms with Crippen LogP contribution in [0.5, 0.6) is 0 Å². The number of piperidine rings is 1. The van der Waals surface area contributed by atoms with Crippen LogP contribution in [-0.2, 0) is 11.2 Å². The summed E-state index contributed by atoms with van der Waals surface area (Å²) in [5.74, 6) is -0.695. The maximum absolute atomic E-state index is 11.5. The predicted molar refractivity (Wildman–Crippen MR) is 74.0 cm³/mol. The van der Waals surface area contributed by atoms with Gasteiger partial charge in [0.15, 0.2) is 0 Å². The van der Waals surface area contributed by atoms with E-state index in [2.05, 4.69) is 23.7 Å². The summed E-state index contributed by atoms with van der Waals surface area (Å²) in [7, 11) is 0. The topological polar surface area (TPSA) is 53.4 Å². The molecule has 1 N–H and O–H groups in total. The van der Waals surface area contributed by atoms with Gasteiger partial charge >= 0.3 is 5.97 Å². The summed E-state index contributed by atoms with van der Waals surface area (Å²) in [4.78, 5) is 17.7. The molecule has 0 amide bonds. The molecule has 104 valence electrons. The van der Waals surface area contributed by atoms with Crippen molar-refractivity contribution in [3.05, 3.63) is 30.1 Å². The SMILES string of the molecule is CC1(C)CCCN(CCc2ccncc2)C1C(=O)O. The van der Waals surface area contributed by atoms with Crippen molar-refractivity contribution in [3.8, 4) is 0 Å². The Morgan fingerprint density at radius 2 is 2.16 bits per heavy atom. The van der Waals surface area contributed by atoms with E-state index in [4.69, 9.17) is 0 Å². The molecule has 0 spiro atoms. The van der Waals surface area contributed by atoms with Gasteiger partial charge in [0, 0.05) is 18.9 Å². The number of hydrogen-bond acceptors (Lipinski definition) is 3. The van der Waals surface area contributed by atoms with Crippen molar-refractivity contribution in [2.24, 2.45) is 5.41 Å². The van der Waals surface area contributed by atoms with E-state index in [0.29, 0.717) is 0 Å². The summed E-state index contributed by atoms with van der Waals surface area (Å²) in [6.45, 7) is 5.80. The van der Waals surface area contributed by atoms with Gasteiger partial charge in [0.2, 0.25) is 0 Å². The van der Waals surface area contributed by atoms with Crippen LogP contribution in [0.4, 0.5) is 0 Å². The van der Waals surface area contributed by atoms with Crippen molar-refractivity contribution in [2.75, 3.05) is 13.1 Å². The maximum Gasteiger partial charge on any atom is 0.321 e. The lowest BCUT2D eigenvalue weighted by molar-refractivity contribution is -0.150. The zero-order valence-corrected chi connectivity index (χ0v) is 11.7. The summed E-state index contributed by atoms with van der Waals surface area (Å²) in [5, 5.41) is 9.49. The normalized spacial score (nSPS) is 23.2.